The highest BCUT2D eigenvalue weighted by molar-refractivity contribution is 5.29. The Morgan fingerprint density at radius 1 is 1.50 bits per heavy atom. The maximum absolute atomic E-state index is 5.35. The van der Waals surface area contributed by atoms with E-state index in [1.165, 1.54) is 31.4 Å². The number of pyridine rings is 1. The highest BCUT2D eigenvalue weighted by Crippen LogP contribution is 2.34. The fourth-order valence-electron chi connectivity index (χ4n) is 2.55. The fraction of sp³-hybridized carbons (Fsp3) is 0.615. The van der Waals surface area contributed by atoms with Crippen molar-refractivity contribution in [3.05, 3.63) is 23.9 Å². The lowest BCUT2D eigenvalue weighted by Gasteiger charge is -2.35. The number of nitrogens with zero attached hydrogens (tertiary/aromatic N) is 2. The molecule has 0 saturated carbocycles. The van der Waals surface area contributed by atoms with Gasteiger partial charge in [0, 0.05) is 17.8 Å². The summed E-state index contributed by atoms with van der Waals surface area (Å²) in [5.74, 6) is 0.785. The molecule has 1 saturated heterocycles. The predicted molar refractivity (Wildman–Crippen MR) is 64.6 cm³/mol. The van der Waals surface area contributed by atoms with Gasteiger partial charge in [-0.15, -0.1) is 0 Å². The molecule has 0 radical (unpaired) electrons. The van der Waals surface area contributed by atoms with Crippen LogP contribution in [0.25, 0.3) is 0 Å². The second-order valence-corrected chi connectivity index (χ2v) is 4.24. The Morgan fingerprint density at radius 2 is 2.38 bits per heavy atom. The smallest absolute Gasteiger partial charge is 0.217 e. The summed E-state index contributed by atoms with van der Waals surface area (Å²) in [7, 11) is 1.70. The third kappa shape index (κ3) is 2.19. The van der Waals surface area contributed by atoms with E-state index in [9.17, 15) is 0 Å². The number of hydrogen-bond donors (Lipinski definition) is 0. The van der Waals surface area contributed by atoms with E-state index < -0.39 is 0 Å². The molecule has 1 aliphatic rings. The van der Waals surface area contributed by atoms with Crippen LogP contribution in [0.5, 0.6) is 5.88 Å². The number of aromatic nitrogens is 1. The van der Waals surface area contributed by atoms with Crippen LogP contribution in [0.4, 0.5) is 0 Å². The summed E-state index contributed by atoms with van der Waals surface area (Å²) in [4.78, 5) is 6.81. The number of likely N-dealkylation sites (tertiary alicyclic amines) is 1. The molecule has 88 valence electrons. The summed E-state index contributed by atoms with van der Waals surface area (Å²) >= 11 is 0. The number of ether oxygens (including phenoxy) is 1. The van der Waals surface area contributed by atoms with Gasteiger partial charge in [-0.3, -0.25) is 4.90 Å². The molecule has 1 atom stereocenters. The third-order valence-electron chi connectivity index (χ3n) is 3.37. The van der Waals surface area contributed by atoms with Crippen molar-refractivity contribution in [2.75, 3.05) is 20.2 Å². The van der Waals surface area contributed by atoms with E-state index in [0.29, 0.717) is 6.04 Å². The molecule has 16 heavy (non-hydrogen) atoms. The predicted octanol–water partition coefficient (Wildman–Crippen LogP) is 2.64. The Bertz CT molecular complexity index is 340. The Labute approximate surface area is 97.4 Å². The summed E-state index contributed by atoms with van der Waals surface area (Å²) in [5.41, 5.74) is 1.24. The van der Waals surface area contributed by atoms with E-state index in [-0.39, 0.29) is 0 Å². The summed E-state index contributed by atoms with van der Waals surface area (Å²) in [6.07, 6.45) is 5.63. The van der Waals surface area contributed by atoms with Crippen molar-refractivity contribution in [2.45, 2.75) is 32.2 Å². The van der Waals surface area contributed by atoms with Crippen LogP contribution in [-0.4, -0.2) is 30.1 Å². The van der Waals surface area contributed by atoms with Gasteiger partial charge in [0.2, 0.25) is 5.88 Å². The molecule has 0 spiro atoms. The average Bonchev–Trinajstić information content (AvgIpc) is 2.38. The average molecular weight is 220 g/mol. The molecule has 0 unspecified atom stereocenters. The molecule has 1 aliphatic heterocycles. The zero-order valence-electron chi connectivity index (χ0n) is 10.1. The highest BCUT2D eigenvalue weighted by atomic mass is 16.5. The van der Waals surface area contributed by atoms with Crippen LogP contribution in [0.15, 0.2) is 18.3 Å². The van der Waals surface area contributed by atoms with E-state index in [1.807, 2.05) is 6.07 Å². The van der Waals surface area contributed by atoms with Crippen molar-refractivity contribution in [1.82, 2.24) is 9.88 Å². The van der Waals surface area contributed by atoms with Crippen LogP contribution in [-0.2, 0) is 0 Å². The van der Waals surface area contributed by atoms with Gasteiger partial charge >= 0.3 is 0 Å². The van der Waals surface area contributed by atoms with Gasteiger partial charge in [0.1, 0.15) is 0 Å². The Hall–Kier alpha value is -1.09. The molecule has 2 heterocycles. The van der Waals surface area contributed by atoms with Gasteiger partial charge in [0.25, 0.3) is 0 Å². The van der Waals surface area contributed by atoms with Gasteiger partial charge in [-0.1, -0.05) is 19.4 Å². The first-order valence-corrected chi connectivity index (χ1v) is 6.09. The highest BCUT2D eigenvalue weighted by Gasteiger charge is 2.25. The minimum absolute atomic E-state index is 0.488. The van der Waals surface area contributed by atoms with E-state index in [2.05, 4.69) is 22.9 Å². The van der Waals surface area contributed by atoms with Gasteiger partial charge in [0.15, 0.2) is 0 Å². The molecule has 1 fully saturated rings. The van der Waals surface area contributed by atoms with Crippen molar-refractivity contribution in [2.24, 2.45) is 0 Å². The molecule has 1 aromatic rings. The molecule has 2 rings (SSSR count). The van der Waals surface area contributed by atoms with Crippen molar-refractivity contribution >= 4 is 0 Å². The lowest BCUT2D eigenvalue weighted by atomic mass is 9.96. The quantitative estimate of drug-likeness (QED) is 0.783. The zero-order chi connectivity index (χ0) is 11.4. The van der Waals surface area contributed by atoms with E-state index >= 15 is 0 Å². The van der Waals surface area contributed by atoms with Crippen LogP contribution < -0.4 is 4.74 Å². The Kier molecular flexibility index (Phi) is 3.78. The number of piperidine rings is 1. The van der Waals surface area contributed by atoms with Crippen LogP contribution in [0.2, 0.25) is 0 Å². The first-order chi connectivity index (χ1) is 7.86. The number of rotatable bonds is 3. The van der Waals surface area contributed by atoms with E-state index in [1.54, 1.807) is 13.3 Å². The minimum atomic E-state index is 0.488. The van der Waals surface area contributed by atoms with Crippen molar-refractivity contribution in [3.63, 3.8) is 0 Å². The maximum Gasteiger partial charge on any atom is 0.217 e. The fourth-order valence-corrected chi connectivity index (χ4v) is 2.55. The topological polar surface area (TPSA) is 25.4 Å². The summed E-state index contributed by atoms with van der Waals surface area (Å²) in [5, 5.41) is 0. The molecule has 3 nitrogen and oxygen atoms in total. The monoisotopic (exact) mass is 220 g/mol. The lowest BCUT2D eigenvalue weighted by Crippen LogP contribution is -2.33. The van der Waals surface area contributed by atoms with Crippen molar-refractivity contribution in [1.29, 1.82) is 0 Å². The first kappa shape index (κ1) is 11.4. The van der Waals surface area contributed by atoms with Crippen molar-refractivity contribution < 1.29 is 4.74 Å². The van der Waals surface area contributed by atoms with Crippen LogP contribution >= 0.6 is 0 Å². The van der Waals surface area contributed by atoms with Crippen LogP contribution in [0.1, 0.15) is 37.8 Å². The van der Waals surface area contributed by atoms with Gasteiger partial charge in [-0.25, -0.2) is 4.98 Å². The minimum Gasteiger partial charge on any atom is -0.481 e. The molecule has 0 amide bonds. The van der Waals surface area contributed by atoms with Crippen molar-refractivity contribution in [3.8, 4) is 5.88 Å². The lowest BCUT2D eigenvalue weighted by molar-refractivity contribution is 0.153. The maximum atomic E-state index is 5.35. The molecule has 0 aliphatic carbocycles. The molecular formula is C13H20N2O. The number of hydrogen-bond acceptors (Lipinski definition) is 3. The SMILES string of the molecule is CCN1CCCC[C@@H]1c1cccnc1OC. The van der Waals surface area contributed by atoms with Gasteiger partial charge in [0.05, 0.1) is 7.11 Å². The molecule has 1 aromatic heterocycles. The summed E-state index contributed by atoms with van der Waals surface area (Å²) in [6, 6.07) is 4.63. The third-order valence-corrected chi connectivity index (χ3v) is 3.37. The normalized spacial score (nSPS) is 22.0. The standard InChI is InChI=1S/C13H20N2O/c1-3-15-10-5-4-8-12(15)11-7-6-9-14-13(11)16-2/h6-7,9,12H,3-5,8,10H2,1-2H3/t12-/m1/s1. The van der Waals surface area contributed by atoms with Crippen LogP contribution in [0, 0.1) is 0 Å². The largest absolute Gasteiger partial charge is 0.481 e. The molecule has 0 bridgehead atoms. The summed E-state index contributed by atoms with van der Waals surface area (Å²) in [6.45, 7) is 4.52. The second kappa shape index (κ2) is 5.30. The van der Waals surface area contributed by atoms with Gasteiger partial charge < -0.3 is 4.74 Å². The summed E-state index contributed by atoms with van der Waals surface area (Å²) < 4.78 is 5.35. The molecular weight excluding hydrogens is 200 g/mol. The van der Waals surface area contributed by atoms with Crippen LogP contribution in [0.3, 0.4) is 0 Å². The first-order valence-electron chi connectivity index (χ1n) is 6.09. The Balaban J connectivity index is 2.26. The van der Waals surface area contributed by atoms with Gasteiger partial charge in [-0.2, -0.15) is 0 Å². The number of methoxy groups -OCH3 is 1. The van der Waals surface area contributed by atoms with Gasteiger partial charge in [-0.05, 0) is 32.0 Å². The zero-order valence-corrected chi connectivity index (χ0v) is 10.1. The Morgan fingerprint density at radius 3 is 3.12 bits per heavy atom. The van der Waals surface area contributed by atoms with E-state index in [4.69, 9.17) is 4.74 Å². The molecule has 3 heteroatoms. The molecule has 0 aromatic carbocycles. The second-order valence-electron chi connectivity index (χ2n) is 4.24. The molecule has 0 N–H and O–H groups in total. The van der Waals surface area contributed by atoms with E-state index in [0.717, 1.165) is 12.4 Å².